The molecule has 0 radical (unpaired) electrons. The van der Waals surface area contributed by atoms with E-state index in [1.54, 1.807) is 12.3 Å². The van der Waals surface area contributed by atoms with Crippen LogP contribution in [-0.2, 0) is 6.54 Å². The fourth-order valence-electron chi connectivity index (χ4n) is 1.80. The van der Waals surface area contributed by atoms with E-state index in [0.29, 0.717) is 18.2 Å². The molecule has 0 saturated carbocycles. The van der Waals surface area contributed by atoms with Crippen LogP contribution in [-0.4, -0.2) is 6.04 Å². The summed E-state index contributed by atoms with van der Waals surface area (Å²) in [6.07, 6.45) is 1.64. The van der Waals surface area contributed by atoms with Crippen LogP contribution in [0.5, 0.6) is 0 Å². The molecule has 3 heteroatoms. The Morgan fingerprint density at radius 2 is 2.12 bits per heavy atom. The monoisotopic (exact) mass is 221 g/mol. The Balaban J connectivity index is 2.43. The molecule has 2 rings (SSSR count). The van der Waals surface area contributed by atoms with Gasteiger partial charge in [-0.05, 0) is 18.6 Å². The van der Waals surface area contributed by atoms with Crippen molar-refractivity contribution in [1.82, 2.24) is 5.32 Å². The molecule has 1 aromatic heterocycles. The minimum atomic E-state index is -0.295. The fraction of sp³-hybridized carbons (Fsp3) is 0.385. The summed E-state index contributed by atoms with van der Waals surface area (Å²) in [6.45, 7) is 6.83. The predicted molar refractivity (Wildman–Crippen MR) is 62.9 cm³/mol. The molecule has 0 aliphatic rings. The Bertz CT molecular complexity index is 502. The van der Waals surface area contributed by atoms with Crippen molar-refractivity contribution in [3.63, 3.8) is 0 Å². The van der Waals surface area contributed by atoms with Gasteiger partial charge in [0.1, 0.15) is 0 Å². The molecule has 0 fully saturated rings. The Hall–Kier alpha value is -1.35. The normalized spacial score (nSPS) is 11.6. The molecule has 0 amide bonds. The first-order chi connectivity index (χ1) is 7.59. The highest BCUT2D eigenvalue weighted by Crippen LogP contribution is 2.26. The third-order valence-corrected chi connectivity index (χ3v) is 2.66. The Labute approximate surface area is 94.4 Å². The number of nitrogens with one attached hydrogen (secondary N) is 1. The third-order valence-electron chi connectivity index (χ3n) is 2.66. The lowest BCUT2D eigenvalue weighted by Gasteiger charge is -2.07. The number of furan rings is 1. The van der Waals surface area contributed by atoms with E-state index < -0.39 is 0 Å². The smallest absolute Gasteiger partial charge is 0.170 e. The molecule has 16 heavy (non-hydrogen) atoms. The highest BCUT2D eigenvalue weighted by molar-refractivity contribution is 5.84. The van der Waals surface area contributed by atoms with Gasteiger partial charge in [0, 0.05) is 23.5 Å². The van der Waals surface area contributed by atoms with Gasteiger partial charge in [0.2, 0.25) is 0 Å². The molecular formula is C13H16FNO. The third kappa shape index (κ3) is 1.95. The van der Waals surface area contributed by atoms with E-state index in [1.807, 2.05) is 6.92 Å². The second-order valence-electron chi connectivity index (χ2n) is 4.36. The van der Waals surface area contributed by atoms with E-state index in [0.717, 1.165) is 16.5 Å². The van der Waals surface area contributed by atoms with Gasteiger partial charge in [0.15, 0.2) is 11.4 Å². The average Bonchev–Trinajstić information content (AvgIpc) is 2.65. The maximum Gasteiger partial charge on any atom is 0.170 e. The number of aryl methyl sites for hydroxylation is 1. The zero-order chi connectivity index (χ0) is 11.7. The van der Waals surface area contributed by atoms with Crippen LogP contribution in [0.4, 0.5) is 4.39 Å². The predicted octanol–water partition coefficient (Wildman–Crippen LogP) is 3.38. The molecule has 1 N–H and O–H groups in total. The minimum Gasteiger partial charge on any atom is -0.461 e. The molecule has 0 spiro atoms. The van der Waals surface area contributed by atoms with Gasteiger partial charge < -0.3 is 9.73 Å². The second-order valence-corrected chi connectivity index (χ2v) is 4.36. The van der Waals surface area contributed by atoms with E-state index in [4.69, 9.17) is 4.42 Å². The van der Waals surface area contributed by atoms with Crippen molar-refractivity contribution in [2.45, 2.75) is 33.4 Å². The van der Waals surface area contributed by atoms with Crippen LogP contribution >= 0.6 is 0 Å². The first kappa shape index (κ1) is 11.1. The summed E-state index contributed by atoms with van der Waals surface area (Å²) in [6, 6.07) is 3.63. The van der Waals surface area contributed by atoms with Gasteiger partial charge in [-0.3, -0.25) is 0 Å². The molecule has 0 saturated heterocycles. The first-order valence-electron chi connectivity index (χ1n) is 5.48. The summed E-state index contributed by atoms with van der Waals surface area (Å²) >= 11 is 0. The van der Waals surface area contributed by atoms with Gasteiger partial charge in [-0.2, -0.15) is 0 Å². The zero-order valence-corrected chi connectivity index (χ0v) is 9.80. The fourth-order valence-corrected chi connectivity index (χ4v) is 1.80. The lowest BCUT2D eigenvalue weighted by Crippen LogP contribution is -2.21. The zero-order valence-electron chi connectivity index (χ0n) is 9.80. The van der Waals surface area contributed by atoms with E-state index in [2.05, 4.69) is 19.2 Å². The average molecular weight is 221 g/mol. The van der Waals surface area contributed by atoms with Crippen molar-refractivity contribution >= 4 is 11.0 Å². The summed E-state index contributed by atoms with van der Waals surface area (Å²) in [5.74, 6) is -0.295. The maximum absolute atomic E-state index is 13.5. The van der Waals surface area contributed by atoms with Gasteiger partial charge in [-0.25, -0.2) is 4.39 Å². The van der Waals surface area contributed by atoms with Crippen LogP contribution in [0.2, 0.25) is 0 Å². The van der Waals surface area contributed by atoms with E-state index in [9.17, 15) is 4.39 Å². The van der Waals surface area contributed by atoms with Gasteiger partial charge in [0.25, 0.3) is 0 Å². The van der Waals surface area contributed by atoms with Crippen molar-refractivity contribution < 1.29 is 8.81 Å². The number of benzene rings is 1. The van der Waals surface area contributed by atoms with Crippen LogP contribution in [0.15, 0.2) is 22.8 Å². The molecule has 0 unspecified atom stereocenters. The molecule has 0 bridgehead atoms. The van der Waals surface area contributed by atoms with E-state index in [1.165, 1.54) is 6.07 Å². The Morgan fingerprint density at radius 3 is 2.81 bits per heavy atom. The summed E-state index contributed by atoms with van der Waals surface area (Å²) < 4.78 is 18.7. The summed E-state index contributed by atoms with van der Waals surface area (Å²) in [7, 11) is 0. The SMILES string of the molecule is Cc1ccc(F)c2occ(CNC(C)C)c12. The number of fused-ring (bicyclic) bond motifs is 1. The standard InChI is InChI=1S/C13H16FNO/c1-8(2)15-6-10-7-16-13-11(14)5-4-9(3)12(10)13/h4-5,7-8,15H,6H2,1-3H3. The maximum atomic E-state index is 13.5. The van der Waals surface area contributed by atoms with Crippen LogP contribution in [0.3, 0.4) is 0 Å². The van der Waals surface area contributed by atoms with Crippen LogP contribution in [0, 0.1) is 12.7 Å². The molecular weight excluding hydrogens is 205 g/mol. The van der Waals surface area contributed by atoms with Gasteiger partial charge >= 0.3 is 0 Å². The van der Waals surface area contributed by atoms with Crippen molar-refractivity contribution in [3.05, 3.63) is 35.3 Å². The lowest BCUT2D eigenvalue weighted by atomic mass is 10.1. The van der Waals surface area contributed by atoms with Crippen LogP contribution < -0.4 is 5.32 Å². The first-order valence-corrected chi connectivity index (χ1v) is 5.48. The quantitative estimate of drug-likeness (QED) is 0.859. The summed E-state index contributed by atoms with van der Waals surface area (Å²) in [5.41, 5.74) is 2.42. The number of hydrogen-bond acceptors (Lipinski definition) is 2. The molecule has 1 heterocycles. The summed E-state index contributed by atoms with van der Waals surface area (Å²) in [4.78, 5) is 0. The highest BCUT2D eigenvalue weighted by atomic mass is 19.1. The largest absolute Gasteiger partial charge is 0.461 e. The topological polar surface area (TPSA) is 25.2 Å². The highest BCUT2D eigenvalue weighted by Gasteiger charge is 2.12. The molecule has 0 aliphatic heterocycles. The number of hydrogen-bond donors (Lipinski definition) is 1. The molecule has 0 aliphatic carbocycles. The van der Waals surface area contributed by atoms with Gasteiger partial charge in [-0.1, -0.05) is 19.9 Å². The van der Waals surface area contributed by atoms with Crippen molar-refractivity contribution in [1.29, 1.82) is 0 Å². The molecule has 0 atom stereocenters. The molecule has 86 valence electrons. The lowest BCUT2D eigenvalue weighted by molar-refractivity contribution is 0.550. The minimum absolute atomic E-state index is 0.295. The van der Waals surface area contributed by atoms with Gasteiger partial charge in [-0.15, -0.1) is 0 Å². The van der Waals surface area contributed by atoms with Gasteiger partial charge in [0.05, 0.1) is 6.26 Å². The van der Waals surface area contributed by atoms with Crippen molar-refractivity contribution in [2.24, 2.45) is 0 Å². The molecule has 1 aromatic carbocycles. The van der Waals surface area contributed by atoms with Crippen molar-refractivity contribution in [2.75, 3.05) is 0 Å². The van der Waals surface area contributed by atoms with Crippen molar-refractivity contribution in [3.8, 4) is 0 Å². The Morgan fingerprint density at radius 1 is 1.38 bits per heavy atom. The molecule has 2 nitrogen and oxygen atoms in total. The van der Waals surface area contributed by atoms with Crippen LogP contribution in [0.1, 0.15) is 25.0 Å². The Kier molecular flexibility index (Phi) is 2.97. The second kappa shape index (κ2) is 4.26. The van der Waals surface area contributed by atoms with E-state index in [-0.39, 0.29) is 5.82 Å². The summed E-state index contributed by atoms with van der Waals surface area (Å²) in [5, 5.41) is 4.20. The molecule has 2 aromatic rings. The number of halogens is 1. The van der Waals surface area contributed by atoms with E-state index >= 15 is 0 Å². The number of rotatable bonds is 3. The van der Waals surface area contributed by atoms with Crippen LogP contribution in [0.25, 0.3) is 11.0 Å².